The number of ether oxygens (including phenoxy) is 2. The standard InChI is InChI=1S/C19H28N2O4/c1-19(2,3)25-18(23)21-10-8-20(9-11-21)14-16-7-5-6-15(12-16)13-17(22)24-4/h5-7,12H,8-11,13-14H2,1-4H3. The molecule has 1 aromatic rings. The monoisotopic (exact) mass is 348 g/mol. The van der Waals surface area contributed by atoms with Crippen molar-refractivity contribution in [3.63, 3.8) is 0 Å². The van der Waals surface area contributed by atoms with Crippen molar-refractivity contribution in [1.82, 2.24) is 9.80 Å². The molecule has 6 nitrogen and oxygen atoms in total. The lowest BCUT2D eigenvalue weighted by Gasteiger charge is -2.35. The second-order valence-electron chi connectivity index (χ2n) is 7.32. The molecule has 0 spiro atoms. The number of carbonyl (C=O) groups is 2. The molecule has 1 amide bonds. The summed E-state index contributed by atoms with van der Waals surface area (Å²) in [7, 11) is 1.40. The molecule has 1 saturated heterocycles. The average Bonchev–Trinajstić information content (AvgIpc) is 2.54. The fourth-order valence-corrected chi connectivity index (χ4v) is 2.75. The summed E-state index contributed by atoms with van der Waals surface area (Å²) in [5.74, 6) is -0.233. The van der Waals surface area contributed by atoms with Gasteiger partial charge in [-0.25, -0.2) is 4.79 Å². The van der Waals surface area contributed by atoms with Crippen LogP contribution in [0, 0.1) is 0 Å². The maximum Gasteiger partial charge on any atom is 0.410 e. The van der Waals surface area contributed by atoms with Gasteiger partial charge in [-0.15, -0.1) is 0 Å². The quantitative estimate of drug-likeness (QED) is 0.782. The third-order valence-electron chi connectivity index (χ3n) is 4.00. The van der Waals surface area contributed by atoms with E-state index < -0.39 is 5.60 Å². The van der Waals surface area contributed by atoms with E-state index in [0.29, 0.717) is 13.1 Å². The molecular weight excluding hydrogens is 320 g/mol. The number of nitrogens with zero attached hydrogens (tertiary/aromatic N) is 2. The van der Waals surface area contributed by atoms with Crippen LogP contribution in [0.2, 0.25) is 0 Å². The molecule has 0 radical (unpaired) electrons. The first kappa shape index (κ1) is 19.2. The van der Waals surface area contributed by atoms with Gasteiger partial charge in [0.1, 0.15) is 5.60 Å². The summed E-state index contributed by atoms with van der Waals surface area (Å²) in [4.78, 5) is 27.6. The van der Waals surface area contributed by atoms with E-state index in [1.165, 1.54) is 7.11 Å². The maximum atomic E-state index is 12.1. The molecule has 1 fully saturated rings. The zero-order valence-corrected chi connectivity index (χ0v) is 15.6. The van der Waals surface area contributed by atoms with E-state index >= 15 is 0 Å². The summed E-state index contributed by atoms with van der Waals surface area (Å²) in [5.41, 5.74) is 1.65. The number of benzene rings is 1. The minimum atomic E-state index is -0.464. The van der Waals surface area contributed by atoms with E-state index in [1.807, 2.05) is 39.0 Å². The van der Waals surface area contributed by atoms with Crippen LogP contribution in [0.4, 0.5) is 4.79 Å². The van der Waals surface area contributed by atoms with Crippen molar-refractivity contribution in [3.05, 3.63) is 35.4 Å². The molecule has 0 unspecified atom stereocenters. The van der Waals surface area contributed by atoms with Crippen molar-refractivity contribution >= 4 is 12.1 Å². The Labute approximate surface area is 149 Å². The van der Waals surface area contributed by atoms with Crippen LogP contribution >= 0.6 is 0 Å². The van der Waals surface area contributed by atoms with Crippen molar-refractivity contribution in [2.24, 2.45) is 0 Å². The maximum absolute atomic E-state index is 12.1. The van der Waals surface area contributed by atoms with E-state index in [9.17, 15) is 9.59 Å². The zero-order valence-electron chi connectivity index (χ0n) is 15.6. The predicted octanol–water partition coefficient (Wildman–Crippen LogP) is 2.45. The van der Waals surface area contributed by atoms with Gasteiger partial charge in [0.15, 0.2) is 0 Å². The molecule has 1 heterocycles. The lowest BCUT2D eigenvalue weighted by Crippen LogP contribution is -2.49. The van der Waals surface area contributed by atoms with Gasteiger partial charge in [0.2, 0.25) is 0 Å². The van der Waals surface area contributed by atoms with Crippen LogP contribution in [-0.2, 0) is 27.2 Å². The number of methoxy groups -OCH3 is 1. The summed E-state index contributed by atoms with van der Waals surface area (Å²) >= 11 is 0. The van der Waals surface area contributed by atoms with Gasteiger partial charge in [-0.05, 0) is 31.9 Å². The number of hydrogen-bond acceptors (Lipinski definition) is 5. The Morgan fingerprint density at radius 2 is 1.72 bits per heavy atom. The third kappa shape index (κ3) is 6.38. The van der Waals surface area contributed by atoms with Crippen LogP contribution in [-0.4, -0.2) is 60.8 Å². The fourth-order valence-electron chi connectivity index (χ4n) is 2.75. The van der Waals surface area contributed by atoms with Gasteiger partial charge < -0.3 is 14.4 Å². The summed E-state index contributed by atoms with van der Waals surface area (Å²) in [5, 5.41) is 0. The molecule has 6 heteroatoms. The van der Waals surface area contributed by atoms with Crippen molar-refractivity contribution in [3.8, 4) is 0 Å². The molecule has 0 aromatic heterocycles. The van der Waals surface area contributed by atoms with Gasteiger partial charge in [-0.2, -0.15) is 0 Å². The number of esters is 1. The lowest BCUT2D eigenvalue weighted by molar-refractivity contribution is -0.139. The molecule has 138 valence electrons. The minimum absolute atomic E-state index is 0.233. The van der Waals surface area contributed by atoms with Crippen LogP contribution in [0.5, 0.6) is 0 Å². The zero-order chi connectivity index (χ0) is 18.4. The van der Waals surface area contributed by atoms with Crippen LogP contribution in [0.1, 0.15) is 31.9 Å². The Hall–Kier alpha value is -2.08. The van der Waals surface area contributed by atoms with E-state index in [4.69, 9.17) is 9.47 Å². The van der Waals surface area contributed by atoms with Gasteiger partial charge >= 0.3 is 12.1 Å². The van der Waals surface area contributed by atoms with Gasteiger partial charge in [-0.3, -0.25) is 9.69 Å². The molecule has 1 aliphatic rings. The molecule has 1 aromatic carbocycles. The van der Waals surface area contributed by atoms with Crippen LogP contribution in [0.15, 0.2) is 24.3 Å². The summed E-state index contributed by atoms with van der Waals surface area (Å²) < 4.78 is 10.1. The van der Waals surface area contributed by atoms with Crippen LogP contribution in [0.3, 0.4) is 0 Å². The highest BCUT2D eigenvalue weighted by Crippen LogP contribution is 2.14. The molecule has 0 N–H and O–H groups in total. The Kier molecular flexibility index (Phi) is 6.42. The smallest absolute Gasteiger partial charge is 0.410 e. The topological polar surface area (TPSA) is 59.1 Å². The van der Waals surface area contributed by atoms with Gasteiger partial charge in [0.05, 0.1) is 13.5 Å². The van der Waals surface area contributed by atoms with Gasteiger partial charge in [0.25, 0.3) is 0 Å². The Morgan fingerprint density at radius 1 is 1.08 bits per heavy atom. The van der Waals surface area contributed by atoms with Crippen molar-refractivity contribution in [2.75, 3.05) is 33.3 Å². The highest BCUT2D eigenvalue weighted by Gasteiger charge is 2.25. The molecule has 0 atom stereocenters. The first-order valence-electron chi connectivity index (χ1n) is 8.62. The summed E-state index contributed by atoms with van der Waals surface area (Å²) in [6.07, 6.45) is 0.0451. The number of amides is 1. The predicted molar refractivity (Wildman–Crippen MR) is 95.2 cm³/mol. The Balaban J connectivity index is 1.85. The number of carbonyl (C=O) groups excluding carboxylic acids is 2. The van der Waals surface area contributed by atoms with Crippen molar-refractivity contribution < 1.29 is 19.1 Å². The molecule has 0 saturated carbocycles. The van der Waals surface area contributed by atoms with E-state index in [2.05, 4.69) is 11.0 Å². The summed E-state index contributed by atoms with van der Waals surface area (Å²) in [6.45, 7) is 9.37. The highest BCUT2D eigenvalue weighted by atomic mass is 16.6. The molecule has 25 heavy (non-hydrogen) atoms. The van der Waals surface area contributed by atoms with Crippen molar-refractivity contribution in [1.29, 1.82) is 0 Å². The largest absolute Gasteiger partial charge is 0.469 e. The van der Waals surface area contributed by atoms with E-state index in [-0.39, 0.29) is 18.5 Å². The van der Waals surface area contributed by atoms with Crippen LogP contribution < -0.4 is 0 Å². The SMILES string of the molecule is COC(=O)Cc1cccc(CN2CCN(C(=O)OC(C)(C)C)CC2)c1. The lowest BCUT2D eigenvalue weighted by atomic mass is 10.1. The van der Waals surface area contributed by atoms with E-state index in [0.717, 1.165) is 30.8 Å². The number of rotatable bonds is 4. The summed E-state index contributed by atoms with van der Waals surface area (Å²) in [6, 6.07) is 7.99. The second-order valence-corrected chi connectivity index (χ2v) is 7.32. The van der Waals surface area contributed by atoms with Gasteiger partial charge in [-0.1, -0.05) is 24.3 Å². The Bertz CT molecular complexity index is 602. The van der Waals surface area contributed by atoms with Crippen LogP contribution in [0.25, 0.3) is 0 Å². The molecule has 0 aliphatic carbocycles. The van der Waals surface area contributed by atoms with Gasteiger partial charge in [0, 0.05) is 32.7 Å². The van der Waals surface area contributed by atoms with E-state index in [1.54, 1.807) is 4.90 Å². The molecule has 0 bridgehead atoms. The normalized spacial score (nSPS) is 15.8. The average molecular weight is 348 g/mol. The third-order valence-corrected chi connectivity index (χ3v) is 4.00. The molecule has 1 aliphatic heterocycles. The minimum Gasteiger partial charge on any atom is -0.469 e. The van der Waals surface area contributed by atoms with Crippen molar-refractivity contribution in [2.45, 2.75) is 39.3 Å². The first-order valence-corrected chi connectivity index (χ1v) is 8.62. The number of piperazine rings is 1. The molecular formula is C19H28N2O4. The highest BCUT2D eigenvalue weighted by molar-refractivity contribution is 5.72. The first-order chi connectivity index (χ1) is 11.8. The fraction of sp³-hybridized carbons (Fsp3) is 0.579. The Morgan fingerprint density at radius 3 is 2.32 bits per heavy atom. The second kappa shape index (κ2) is 8.34. The molecule has 2 rings (SSSR count). The number of hydrogen-bond donors (Lipinski definition) is 0.